The van der Waals surface area contributed by atoms with Crippen molar-refractivity contribution in [2.75, 3.05) is 36.0 Å². The number of halogens is 1. The third-order valence-corrected chi connectivity index (χ3v) is 6.13. The predicted molar refractivity (Wildman–Crippen MR) is 114 cm³/mol. The van der Waals surface area contributed by atoms with Crippen LogP contribution in [0.25, 0.3) is 21.5 Å². The van der Waals surface area contributed by atoms with Crippen LogP contribution in [0.15, 0.2) is 54.7 Å². The third-order valence-electron chi connectivity index (χ3n) is 5.03. The molecule has 1 aliphatic heterocycles. The fraction of sp³-hybridized carbons (Fsp3) is 0.238. The van der Waals surface area contributed by atoms with Gasteiger partial charge in [0.25, 0.3) is 0 Å². The summed E-state index contributed by atoms with van der Waals surface area (Å²) in [5, 5.41) is 9.32. The van der Waals surface area contributed by atoms with E-state index in [1.807, 2.05) is 18.2 Å². The van der Waals surface area contributed by atoms with E-state index in [1.165, 1.54) is 17.0 Å². The lowest BCUT2D eigenvalue weighted by Crippen LogP contribution is -2.31. The highest BCUT2D eigenvalue weighted by atomic mass is 32.1. The van der Waals surface area contributed by atoms with Crippen molar-refractivity contribution in [1.82, 2.24) is 20.2 Å². The molecule has 29 heavy (non-hydrogen) atoms. The van der Waals surface area contributed by atoms with Crippen LogP contribution in [0.1, 0.15) is 6.42 Å². The van der Waals surface area contributed by atoms with E-state index in [9.17, 15) is 4.39 Å². The molecule has 146 valence electrons. The Hall–Kier alpha value is -3.13. The number of para-hydroxylation sites is 1. The molecule has 2 aromatic heterocycles. The Morgan fingerprint density at radius 3 is 2.55 bits per heavy atom. The van der Waals surface area contributed by atoms with Crippen LogP contribution in [0.4, 0.5) is 15.5 Å². The van der Waals surface area contributed by atoms with Crippen molar-refractivity contribution in [1.29, 1.82) is 0 Å². The number of thiazole rings is 1. The molecule has 3 heterocycles. The van der Waals surface area contributed by atoms with Gasteiger partial charge in [0, 0.05) is 31.7 Å². The van der Waals surface area contributed by atoms with E-state index in [2.05, 4.69) is 31.0 Å². The zero-order chi connectivity index (χ0) is 19.6. The largest absolute Gasteiger partial charge is 0.346 e. The molecule has 0 radical (unpaired) electrons. The highest BCUT2D eigenvalue weighted by Gasteiger charge is 2.20. The van der Waals surface area contributed by atoms with Gasteiger partial charge >= 0.3 is 0 Å². The van der Waals surface area contributed by atoms with Gasteiger partial charge < -0.3 is 9.80 Å². The molecule has 0 aliphatic carbocycles. The quantitative estimate of drug-likeness (QED) is 0.513. The summed E-state index contributed by atoms with van der Waals surface area (Å²) in [6.45, 7) is 3.34. The number of aromatic nitrogens is 4. The molecule has 0 spiro atoms. The fourth-order valence-electron chi connectivity index (χ4n) is 3.53. The summed E-state index contributed by atoms with van der Waals surface area (Å²) in [6.07, 6.45) is 2.47. The van der Waals surface area contributed by atoms with E-state index >= 15 is 0 Å². The smallest absolute Gasteiger partial charge is 0.245 e. The van der Waals surface area contributed by atoms with Crippen molar-refractivity contribution in [3.8, 4) is 11.3 Å². The second-order valence-corrected chi connectivity index (χ2v) is 7.92. The van der Waals surface area contributed by atoms with Crippen molar-refractivity contribution in [2.24, 2.45) is 0 Å². The molecular formula is C21H19FN6S. The van der Waals surface area contributed by atoms with Gasteiger partial charge in [-0.05, 0) is 30.7 Å². The lowest BCUT2D eigenvalue weighted by Gasteiger charge is -2.21. The maximum atomic E-state index is 14.1. The zero-order valence-corrected chi connectivity index (χ0v) is 16.5. The molecule has 8 heteroatoms. The number of hydrogen-bond acceptors (Lipinski definition) is 7. The number of benzene rings is 2. The van der Waals surface area contributed by atoms with Crippen LogP contribution in [0.5, 0.6) is 0 Å². The standard InChI is InChI=1S/C21H19FN6S/c22-16-7-2-1-6-15(16)18-14-23-26-20(24-18)27-10-5-11-28(13-12-27)21-25-17-8-3-4-9-19(17)29-21/h1-4,6-9,14H,5,10-13H2. The Morgan fingerprint density at radius 2 is 1.66 bits per heavy atom. The number of hydrogen-bond donors (Lipinski definition) is 0. The highest BCUT2D eigenvalue weighted by molar-refractivity contribution is 7.22. The monoisotopic (exact) mass is 406 g/mol. The van der Waals surface area contributed by atoms with E-state index in [0.29, 0.717) is 17.2 Å². The summed E-state index contributed by atoms with van der Waals surface area (Å²) in [5.74, 6) is 0.230. The van der Waals surface area contributed by atoms with Crippen molar-refractivity contribution in [3.63, 3.8) is 0 Å². The van der Waals surface area contributed by atoms with Crippen molar-refractivity contribution >= 4 is 32.6 Å². The molecule has 4 aromatic rings. The minimum Gasteiger partial charge on any atom is -0.346 e. The van der Waals surface area contributed by atoms with Crippen molar-refractivity contribution in [2.45, 2.75) is 6.42 Å². The molecule has 0 atom stereocenters. The van der Waals surface area contributed by atoms with Crippen molar-refractivity contribution in [3.05, 3.63) is 60.5 Å². The summed E-state index contributed by atoms with van der Waals surface area (Å²) >= 11 is 1.72. The van der Waals surface area contributed by atoms with Crippen LogP contribution < -0.4 is 9.80 Å². The summed E-state index contributed by atoms with van der Waals surface area (Å²) in [7, 11) is 0. The normalized spacial score (nSPS) is 14.9. The Kier molecular flexibility index (Phi) is 4.77. The Balaban J connectivity index is 1.36. The average molecular weight is 406 g/mol. The van der Waals surface area contributed by atoms with E-state index in [0.717, 1.165) is 43.2 Å². The van der Waals surface area contributed by atoms with Crippen LogP contribution in [-0.2, 0) is 0 Å². The molecule has 1 aliphatic rings. The maximum absolute atomic E-state index is 14.1. The van der Waals surface area contributed by atoms with Crippen molar-refractivity contribution < 1.29 is 4.39 Å². The molecule has 5 rings (SSSR count). The number of rotatable bonds is 3. The number of anilines is 2. The van der Waals surface area contributed by atoms with Crippen LogP contribution in [0.3, 0.4) is 0 Å². The van der Waals surface area contributed by atoms with E-state index < -0.39 is 0 Å². The topological polar surface area (TPSA) is 58.0 Å². The maximum Gasteiger partial charge on any atom is 0.245 e. The van der Waals surface area contributed by atoms with E-state index in [-0.39, 0.29) is 5.82 Å². The van der Waals surface area contributed by atoms with Crippen LogP contribution in [-0.4, -0.2) is 46.3 Å². The molecule has 0 N–H and O–H groups in total. The molecule has 1 fully saturated rings. The summed E-state index contributed by atoms with van der Waals surface area (Å²) in [6, 6.07) is 14.8. The first-order chi connectivity index (χ1) is 14.3. The van der Waals surface area contributed by atoms with Gasteiger partial charge in [-0.25, -0.2) is 14.4 Å². The lowest BCUT2D eigenvalue weighted by atomic mass is 10.1. The molecule has 0 bridgehead atoms. The summed E-state index contributed by atoms with van der Waals surface area (Å²) < 4.78 is 15.3. The first-order valence-electron chi connectivity index (χ1n) is 9.58. The van der Waals surface area contributed by atoms with Gasteiger partial charge in [-0.1, -0.05) is 35.6 Å². The van der Waals surface area contributed by atoms with Crippen LogP contribution >= 0.6 is 11.3 Å². The lowest BCUT2D eigenvalue weighted by molar-refractivity contribution is 0.630. The zero-order valence-electron chi connectivity index (χ0n) is 15.7. The molecule has 0 amide bonds. The Labute approximate surface area is 171 Å². The van der Waals surface area contributed by atoms with E-state index in [1.54, 1.807) is 29.5 Å². The van der Waals surface area contributed by atoms with Crippen LogP contribution in [0.2, 0.25) is 0 Å². The molecular weight excluding hydrogens is 387 g/mol. The van der Waals surface area contributed by atoms with Gasteiger partial charge in [-0.15, -0.1) is 5.10 Å². The summed E-state index contributed by atoms with van der Waals surface area (Å²) in [5.41, 5.74) is 1.98. The van der Waals surface area contributed by atoms with Gasteiger partial charge in [-0.3, -0.25) is 0 Å². The Bertz CT molecular complexity index is 1110. The van der Waals surface area contributed by atoms with Gasteiger partial charge in [0.15, 0.2) is 5.13 Å². The predicted octanol–water partition coefficient (Wildman–Crippen LogP) is 4.00. The minimum atomic E-state index is -0.308. The van der Waals surface area contributed by atoms with Gasteiger partial charge in [0.2, 0.25) is 5.95 Å². The molecule has 6 nitrogen and oxygen atoms in total. The number of fused-ring (bicyclic) bond motifs is 1. The minimum absolute atomic E-state index is 0.308. The summed E-state index contributed by atoms with van der Waals surface area (Å²) in [4.78, 5) is 13.8. The fourth-order valence-corrected chi connectivity index (χ4v) is 4.55. The first kappa shape index (κ1) is 17.9. The molecule has 0 unspecified atom stereocenters. The Morgan fingerprint density at radius 1 is 0.862 bits per heavy atom. The second kappa shape index (κ2) is 7.71. The molecule has 2 aromatic carbocycles. The SMILES string of the molecule is Fc1ccccc1-c1cnnc(N2CCCN(c3nc4ccccc4s3)CC2)n1. The van der Waals surface area contributed by atoms with Gasteiger partial charge in [0.1, 0.15) is 5.82 Å². The first-order valence-corrected chi connectivity index (χ1v) is 10.4. The third kappa shape index (κ3) is 3.63. The molecule has 1 saturated heterocycles. The van der Waals surface area contributed by atoms with Crippen LogP contribution in [0, 0.1) is 5.82 Å². The second-order valence-electron chi connectivity index (χ2n) is 6.91. The van der Waals surface area contributed by atoms with E-state index in [4.69, 9.17) is 4.98 Å². The van der Waals surface area contributed by atoms with Gasteiger partial charge in [-0.2, -0.15) is 5.10 Å². The number of nitrogens with zero attached hydrogens (tertiary/aromatic N) is 6. The molecule has 0 saturated carbocycles. The van der Waals surface area contributed by atoms with Gasteiger partial charge in [0.05, 0.1) is 22.1 Å². The average Bonchev–Trinajstić information content (AvgIpc) is 3.03. The highest BCUT2D eigenvalue weighted by Crippen LogP contribution is 2.29.